The standard InChI is InChI=1S/C9H11BrN4/c1-11-3-2-7-5-14-6-8(10)12-4-9(14)13-7/h4-6,11H,2-3H2,1H3. The molecular formula is C9H11BrN4. The highest BCUT2D eigenvalue weighted by molar-refractivity contribution is 9.10. The van der Waals surface area contributed by atoms with Gasteiger partial charge in [0, 0.05) is 25.4 Å². The molecule has 0 spiro atoms. The molecule has 2 heterocycles. The van der Waals surface area contributed by atoms with E-state index in [1.165, 1.54) is 0 Å². The van der Waals surface area contributed by atoms with Crippen LogP contribution < -0.4 is 5.32 Å². The van der Waals surface area contributed by atoms with Crippen LogP contribution in [0.2, 0.25) is 0 Å². The van der Waals surface area contributed by atoms with Crippen LogP contribution in [0.3, 0.4) is 0 Å². The molecule has 14 heavy (non-hydrogen) atoms. The second-order valence-electron chi connectivity index (χ2n) is 3.06. The Balaban J connectivity index is 2.32. The Hall–Kier alpha value is -0.940. The SMILES string of the molecule is CNCCc1cn2cc(Br)ncc2n1. The Morgan fingerprint density at radius 3 is 3.14 bits per heavy atom. The van der Waals surface area contributed by atoms with Crippen LogP contribution in [-0.2, 0) is 6.42 Å². The van der Waals surface area contributed by atoms with Gasteiger partial charge >= 0.3 is 0 Å². The van der Waals surface area contributed by atoms with Gasteiger partial charge in [0.1, 0.15) is 4.60 Å². The third-order valence-corrected chi connectivity index (χ3v) is 2.40. The molecule has 1 N–H and O–H groups in total. The van der Waals surface area contributed by atoms with Crippen molar-refractivity contribution in [2.24, 2.45) is 0 Å². The molecule has 0 saturated heterocycles. The average molecular weight is 255 g/mol. The van der Waals surface area contributed by atoms with Crippen LogP contribution in [0.25, 0.3) is 5.65 Å². The molecule has 0 aliphatic heterocycles. The summed E-state index contributed by atoms with van der Waals surface area (Å²) in [7, 11) is 1.94. The van der Waals surface area contributed by atoms with Crippen molar-refractivity contribution >= 4 is 21.6 Å². The number of likely N-dealkylation sites (N-methyl/N-ethyl adjacent to an activating group) is 1. The monoisotopic (exact) mass is 254 g/mol. The van der Waals surface area contributed by atoms with Crippen molar-refractivity contribution in [1.82, 2.24) is 19.7 Å². The van der Waals surface area contributed by atoms with Gasteiger partial charge in [-0.05, 0) is 23.0 Å². The maximum absolute atomic E-state index is 4.43. The first kappa shape index (κ1) is 9.61. The molecule has 0 unspecified atom stereocenters. The summed E-state index contributed by atoms with van der Waals surface area (Å²) in [6.07, 6.45) is 6.63. The largest absolute Gasteiger partial charge is 0.319 e. The highest BCUT2D eigenvalue weighted by Crippen LogP contribution is 2.09. The van der Waals surface area contributed by atoms with Crippen molar-refractivity contribution < 1.29 is 0 Å². The van der Waals surface area contributed by atoms with Crippen molar-refractivity contribution in [2.75, 3.05) is 13.6 Å². The lowest BCUT2D eigenvalue weighted by Gasteiger charge is -1.92. The fourth-order valence-electron chi connectivity index (χ4n) is 1.30. The van der Waals surface area contributed by atoms with E-state index < -0.39 is 0 Å². The molecule has 0 aliphatic rings. The highest BCUT2D eigenvalue weighted by atomic mass is 79.9. The van der Waals surface area contributed by atoms with Crippen molar-refractivity contribution in [3.05, 3.63) is 28.9 Å². The van der Waals surface area contributed by atoms with Gasteiger partial charge in [0.15, 0.2) is 5.65 Å². The van der Waals surface area contributed by atoms with Crippen LogP contribution in [0.4, 0.5) is 0 Å². The minimum absolute atomic E-state index is 0.822. The van der Waals surface area contributed by atoms with E-state index in [-0.39, 0.29) is 0 Å². The van der Waals surface area contributed by atoms with Crippen molar-refractivity contribution in [3.8, 4) is 0 Å². The number of hydrogen-bond donors (Lipinski definition) is 1. The molecule has 2 aromatic heterocycles. The van der Waals surface area contributed by atoms with Gasteiger partial charge in [0.2, 0.25) is 0 Å². The quantitative estimate of drug-likeness (QED) is 0.897. The van der Waals surface area contributed by atoms with Crippen LogP contribution in [0.1, 0.15) is 5.69 Å². The summed E-state index contributed by atoms with van der Waals surface area (Å²) in [4.78, 5) is 8.55. The lowest BCUT2D eigenvalue weighted by Crippen LogP contribution is -2.10. The zero-order chi connectivity index (χ0) is 9.97. The zero-order valence-corrected chi connectivity index (χ0v) is 9.45. The number of nitrogens with one attached hydrogen (secondary N) is 1. The van der Waals surface area contributed by atoms with Gasteiger partial charge in [-0.25, -0.2) is 9.97 Å². The summed E-state index contributed by atoms with van der Waals surface area (Å²) in [6, 6.07) is 0. The third kappa shape index (κ3) is 1.93. The number of fused-ring (bicyclic) bond motifs is 1. The van der Waals surface area contributed by atoms with Crippen molar-refractivity contribution in [2.45, 2.75) is 6.42 Å². The molecule has 74 valence electrons. The molecule has 0 aromatic carbocycles. The van der Waals surface area contributed by atoms with Crippen LogP contribution >= 0.6 is 15.9 Å². The van der Waals surface area contributed by atoms with Crippen molar-refractivity contribution in [1.29, 1.82) is 0 Å². The normalized spacial score (nSPS) is 11.0. The highest BCUT2D eigenvalue weighted by Gasteiger charge is 2.01. The molecule has 4 nitrogen and oxygen atoms in total. The first-order valence-corrected chi connectivity index (χ1v) is 5.22. The summed E-state index contributed by atoms with van der Waals surface area (Å²) in [5, 5.41) is 3.10. The van der Waals surface area contributed by atoms with Gasteiger partial charge in [-0.1, -0.05) is 0 Å². The maximum Gasteiger partial charge on any atom is 0.155 e. The number of imidazole rings is 1. The van der Waals surface area contributed by atoms with E-state index in [9.17, 15) is 0 Å². The Kier molecular flexibility index (Phi) is 2.79. The van der Waals surface area contributed by atoms with Crippen LogP contribution in [0, 0.1) is 0 Å². The van der Waals surface area contributed by atoms with E-state index in [4.69, 9.17) is 0 Å². The van der Waals surface area contributed by atoms with Crippen LogP contribution in [-0.4, -0.2) is 28.0 Å². The number of halogens is 1. The minimum Gasteiger partial charge on any atom is -0.319 e. The lowest BCUT2D eigenvalue weighted by atomic mass is 10.3. The van der Waals surface area contributed by atoms with E-state index in [2.05, 4.69) is 31.2 Å². The molecule has 0 radical (unpaired) electrons. The predicted molar refractivity (Wildman–Crippen MR) is 58.3 cm³/mol. The van der Waals surface area contributed by atoms with Gasteiger partial charge in [-0.2, -0.15) is 0 Å². The topological polar surface area (TPSA) is 42.2 Å². The van der Waals surface area contributed by atoms with E-state index in [0.717, 1.165) is 28.9 Å². The maximum atomic E-state index is 4.43. The second-order valence-corrected chi connectivity index (χ2v) is 3.87. The van der Waals surface area contributed by atoms with Gasteiger partial charge < -0.3 is 9.72 Å². The molecule has 5 heteroatoms. The molecule has 0 saturated carbocycles. The van der Waals surface area contributed by atoms with Crippen molar-refractivity contribution in [3.63, 3.8) is 0 Å². The summed E-state index contributed by atoms with van der Waals surface area (Å²) in [6.45, 7) is 0.943. The molecular weight excluding hydrogens is 244 g/mol. The number of nitrogens with zero attached hydrogens (tertiary/aromatic N) is 3. The van der Waals surface area contributed by atoms with Crippen LogP contribution in [0.5, 0.6) is 0 Å². The first-order valence-electron chi connectivity index (χ1n) is 4.43. The average Bonchev–Trinajstić information content (AvgIpc) is 2.56. The molecule has 2 rings (SSSR count). The number of rotatable bonds is 3. The number of aromatic nitrogens is 3. The zero-order valence-electron chi connectivity index (χ0n) is 7.87. The molecule has 2 aromatic rings. The predicted octanol–water partition coefficient (Wildman–Crippen LogP) is 1.25. The Labute approximate surface area is 90.5 Å². The molecule has 0 aliphatic carbocycles. The molecule has 0 atom stereocenters. The second kappa shape index (κ2) is 4.06. The molecule has 0 bridgehead atoms. The minimum atomic E-state index is 0.822. The molecule has 0 fully saturated rings. The van der Waals surface area contributed by atoms with Gasteiger partial charge in [-0.3, -0.25) is 0 Å². The van der Waals surface area contributed by atoms with E-state index in [0.29, 0.717) is 0 Å². The Bertz CT molecular complexity index is 437. The van der Waals surface area contributed by atoms with Gasteiger partial charge in [0.05, 0.1) is 11.9 Å². The number of hydrogen-bond acceptors (Lipinski definition) is 3. The summed E-state index contributed by atoms with van der Waals surface area (Å²) in [5.41, 5.74) is 1.97. The summed E-state index contributed by atoms with van der Waals surface area (Å²) < 4.78 is 2.80. The first-order chi connectivity index (χ1) is 6.79. The Morgan fingerprint density at radius 2 is 2.36 bits per heavy atom. The van der Waals surface area contributed by atoms with E-state index >= 15 is 0 Å². The summed E-state index contributed by atoms with van der Waals surface area (Å²) >= 11 is 3.32. The molecule has 0 amide bonds. The Morgan fingerprint density at radius 1 is 1.50 bits per heavy atom. The van der Waals surface area contributed by atoms with E-state index in [1.807, 2.05) is 23.8 Å². The van der Waals surface area contributed by atoms with E-state index in [1.54, 1.807) is 6.20 Å². The third-order valence-electron chi connectivity index (χ3n) is 1.99. The summed E-state index contributed by atoms with van der Waals surface area (Å²) in [5.74, 6) is 0. The van der Waals surface area contributed by atoms with Gasteiger partial charge in [0.25, 0.3) is 0 Å². The fraction of sp³-hybridized carbons (Fsp3) is 0.333. The smallest absolute Gasteiger partial charge is 0.155 e. The lowest BCUT2D eigenvalue weighted by molar-refractivity contribution is 0.780. The van der Waals surface area contributed by atoms with Crippen LogP contribution in [0.15, 0.2) is 23.2 Å². The van der Waals surface area contributed by atoms with Gasteiger partial charge in [-0.15, -0.1) is 0 Å². The fourth-order valence-corrected chi connectivity index (χ4v) is 1.62.